The maximum Gasteiger partial charge on any atom is 0.161 e. The van der Waals surface area contributed by atoms with E-state index in [2.05, 4.69) is 29.8 Å². The van der Waals surface area contributed by atoms with Crippen molar-refractivity contribution in [1.82, 2.24) is 0 Å². The van der Waals surface area contributed by atoms with Crippen LogP contribution in [0.2, 0.25) is 0 Å². The molecule has 16 heavy (non-hydrogen) atoms. The van der Waals surface area contributed by atoms with Gasteiger partial charge in [-0.15, -0.1) is 0 Å². The van der Waals surface area contributed by atoms with Crippen LogP contribution in [0.25, 0.3) is 0 Å². The molecule has 0 aliphatic carbocycles. The zero-order chi connectivity index (χ0) is 12.0. The Morgan fingerprint density at radius 2 is 2.00 bits per heavy atom. The Balaban J connectivity index is 2.67. The highest BCUT2D eigenvalue weighted by Crippen LogP contribution is 2.29. The zero-order valence-corrected chi connectivity index (χ0v) is 11.7. The van der Waals surface area contributed by atoms with Crippen LogP contribution >= 0.6 is 15.9 Å². The van der Waals surface area contributed by atoms with Gasteiger partial charge >= 0.3 is 0 Å². The number of methoxy groups -OCH3 is 1. The van der Waals surface area contributed by atoms with Crippen molar-refractivity contribution in [3.8, 4) is 11.5 Å². The third-order valence-electron chi connectivity index (χ3n) is 2.34. The number of rotatable bonds is 6. The maximum absolute atomic E-state index is 5.74. The van der Waals surface area contributed by atoms with Crippen molar-refractivity contribution in [1.29, 1.82) is 0 Å². The molecular formula is C13H19BrO2. The number of alkyl halides is 1. The van der Waals surface area contributed by atoms with Gasteiger partial charge in [0.1, 0.15) is 0 Å². The molecule has 3 heteroatoms. The van der Waals surface area contributed by atoms with Crippen LogP contribution in [-0.4, -0.2) is 13.7 Å². The van der Waals surface area contributed by atoms with Gasteiger partial charge in [-0.2, -0.15) is 0 Å². The van der Waals surface area contributed by atoms with Crippen LogP contribution in [0.1, 0.15) is 25.8 Å². The van der Waals surface area contributed by atoms with E-state index in [4.69, 9.17) is 9.47 Å². The first-order chi connectivity index (χ1) is 7.67. The van der Waals surface area contributed by atoms with Gasteiger partial charge in [-0.1, -0.05) is 35.8 Å². The van der Waals surface area contributed by atoms with E-state index >= 15 is 0 Å². The predicted octanol–water partition coefficient (Wildman–Crippen LogP) is 4.02. The highest BCUT2D eigenvalue weighted by molar-refractivity contribution is 9.08. The third kappa shape index (κ3) is 4.05. The molecule has 0 bridgehead atoms. The Morgan fingerprint density at radius 1 is 1.25 bits per heavy atom. The molecule has 0 amide bonds. The summed E-state index contributed by atoms with van der Waals surface area (Å²) in [5.41, 5.74) is 1.19. The summed E-state index contributed by atoms with van der Waals surface area (Å²) in [4.78, 5) is 0. The molecule has 90 valence electrons. The lowest BCUT2D eigenvalue weighted by Crippen LogP contribution is -2.03. The van der Waals surface area contributed by atoms with Crippen molar-refractivity contribution in [2.75, 3.05) is 13.7 Å². The lowest BCUT2D eigenvalue weighted by atomic mass is 10.1. The normalized spacial score (nSPS) is 10.6. The van der Waals surface area contributed by atoms with E-state index in [0.29, 0.717) is 5.92 Å². The van der Waals surface area contributed by atoms with E-state index in [1.54, 1.807) is 7.11 Å². The fourth-order valence-corrected chi connectivity index (χ4v) is 1.67. The molecule has 0 atom stereocenters. The fraction of sp³-hybridized carbons (Fsp3) is 0.538. The Kier molecular flexibility index (Phi) is 5.67. The van der Waals surface area contributed by atoms with Gasteiger partial charge in [0.25, 0.3) is 0 Å². The molecular weight excluding hydrogens is 268 g/mol. The minimum Gasteiger partial charge on any atom is -0.493 e. The molecule has 0 saturated heterocycles. The quantitative estimate of drug-likeness (QED) is 0.736. The first-order valence-corrected chi connectivity index (χ1v) is 6.65. The lowest BCUT2D eigenvalue weighted by molar-refractivity contribution is 0.273. The summed E-state index contributed by atoms with van der Waals surface area (Å²) < 4.78 is 11.0. The van der Waals surface area contributed by atoms with Crippen molar-refractivity contribution in [3.05, 3.63) is 23.8 Å². The maximum atomic E-state index is 5.74. The zero-order valence-electron chi connectivity index (χ0n) is 10.1. The molecule has 1 rings (SSSR count). The summed E-state index contributed by atoms with van der Waals surface area (Å²) in [5, 5.41) is 0.831. The second-order valence-corrected chi connectivity index (χ2v) is 4.71. The minimum absolute atomic E-state index is 0.658. The van der Waals surface area contributed by atoms with Crippen molar-refractivity contribution in [2.45, 2.75) is 25.6 Å². The summed E-state index contributed by atoms with van der Waals surface area (Å²) >= 11 is 3.43. The molecule has 0 unspecified atom stereocenters. The lowest BCUT2D eigenvalue weighted by Gasteiger charge is -2.12. The van der Waals surface area contributed by atoms with E-state index in [9.17, 15) is 0 Å². The van der Waals surface area contributed by atoms with E-state index < -0.39 is 0 Å². The topological polar surface area (TPSA) is 18.5 Å². The molecule has 0 spiro atoms. The molecule has 2 nitrogen and oxygen atoms in total. The van der Waals surface area contributed by atoms with E-state index in [0.717, 1.165) is 29.9 Å². The van der Waals surface area contributed by atoms with E-state index in [1.165, 1.54) is 5.56 Å². The Bertz CT molecular complexity index is 324. The second kappa shape index (κ2) is 6.79. The highest BCUT2D eigenvalue weighted by atomic mass is 79.9. The van der Waals surface area contributed by atoms with Gasteiger partial charge in [0.05, 0.1) is 13.7 Å². The van der Waals surface area contributed by atoms with Crippen LogP contribution in [-0.2, 0) is 5.33 Å². The number of ether oxygens (including phenoxy) is 2. The first kappa shape index (κ1) is 13.4. The number of benzene rings is 1. The Labute approximate surface area is 106 Å². The Hall–Kier alpha value is -0.700. The van der Waals surface area contributed by atoms with Crippen LogP contribution in [0.15, 0.2) is 18.2 Å². The van der Waals surface area contributed by atoms with Crippen molar-refractivity contribution in [3.63, 3.8) is 0 Å². The number of hydrogen-bond acceptors (Lipinski definition) is 2. The predicted molar refractivity (Wildman–Crippen MR) is 70.6 cm³/mol. The van der Waals surface area contributed by atoms with Crippen molar-refractivity contribution < 1.29 is 9.47 Å². The third-order valence-corrected chi connectivity index (χ3v) is 2.98. The molecule has 0 aliphatic rings. The molecule has 0 heterocycles. The average Bonchev–Trinajstić information content (AvgIpc) is 2.28. The molecule has 0 aliphatic heterocycles. The standard InChI is InChI=1S/C13H19BrO2/c1-10(2)6-7-16-13-8-11(9-14)4-5-12(13)15-3/h4-5,8,10H,6-7,9H2,1-3H3. The number of hydrogen-bond donors (Lipinski definition) is 0. The molecule has 0 fully saturated rings. The summed E-state index contributed by atoms with van der Waals surface area (Å²) in [7, 11) is 1.67. The van der Waals surface area contributed by atoms with E-state index in [1.807, 2.05) is 18.2 Å². The second-order valence-electron chi connectivity index (χ2n) is 4.15. The molecule has 0 N–H and O–H groups in total. The van der Waals surface area contributed by atoms with Crippen LogP contribution in [0.5, 0.6) is 11.5 Å². The van der Waals surface area contributed by atoms with Gasteiger partial charge in [-0.25, -0.2) is 0 Å². The fourth-order valence-electron chi connectivity index (χ4n) is 1.32. The average molecular weight is 287 g/mol. The molecule has 0 radical (unpaired) electrons. The van der Waals surface area contributed by atoms with Crippen molar-refractivity contribution >= 4 is 15.9 Å². The molecule has 0 saturated carbocycles. The first-order valence-electron chi connectivity index (χ1n) is 5.53. The molecule has 1 aromatic rings. The van der Waals surface area contributed by atoms with Crippen LogP contribution < -0.4 is 9.47 Å². The smallest absolute Gasteiger partial charge is 0.161 e. The monoisotopic (exact) mass is 286 g/mol. The van der Waals surface area contributed by atoms with E-state index in [-0.39, 0.29) is 0 Å². The molecule has 0 aromatic heterocycles. The summed E-state index contributed by atoms with van der Waals surface area (Å²) in [6, 6.07) is 6.00. The minimum atomic E-state index is 0.658. The summed E-state index contributed by atoms with van der Waals surface area (Å²) in [6.45, 7) is 5.12. The Morgan fingerprint density at radius 3 is 2.56 bits per heavy atom. The summed E-state index contributed by atoms with van der Waals surface area (Å²) in [5.74, 6) is 2.29. The number of halogens is 1. The van der Waals surface area contributed by atoms with Gasteiger partial charge in [-0.05, 0) is 30.0 Å². The highest BCUT2D eigenvalue weighted by Gasteiger charge is 2.05. The van der Waals surface area contributed by atoms with Crippen molar-refractivity contribution in [2.24, 2.45) is 5.92 Å². The largest absolute Gasteiger partial charge is 0.493 e. The van der Waals surface area contributed by atoms with Crippen LogP contribution in [0.4, 0.5) is 0 Å². The van der Waals surface area contributed by atoms with Crippen LogP contribution in [0, 0.1) is 5.92 Å². The SMILES string of the molecule is COc1ccc(CBr)cc1OCCC(C)C. The van der Waals surface area contributed by atoms with Gasteiger partial charge in [0.2, 0.25) is 0 Å². The molecule has 1 aromatic carbocycles. The van der Waals surface area contributed by atoms with Gasteiger partial charge in [-0.3, -0.25) is 0 Å². The van der Waals surface area contributed by atoms with Gasteiger partial charge in [0, 0.05) is 5.33 Å². The summed E-state index contributed by atoms with van der Waals surface area (Å²) in [6.07, 6.45) is 1.06. The van der Waals surface area contributed by atoms with Gasteiger partial charge in [0.15, 0.2) is 11.5 Å². The van der Waals surface area contributed by atoms with Crippen LogP contribution in [0.3, 0.4) is 0 Å². The van der Waals surface area contributed by atoms with Gasteiger partial charge < -0.3 is 9.47 Å².